The number of hydrogen-bond acceptors (Lipinski definition) is 1. The highest BCUT2D eigenvalue weighted by molar-refractivity contribution is 5.74. The third-order valence-corrected chi connectivity index (χ3v) is 9.99. The molecule has 2 heteroatoms. The third-order valence-electron chi connectivity index (χ3n) is 9.99. The van der Waals surface area contributed by atoms with Crippen molar-refractivity contribution in [3.8, 4) is 28.0 Å². The third kappa shape index (κ3) is 6.76. The number of phenolic OH excluding ortho intramolecular Hbond substituents is 1. The average molecular weight is 527 g/mol. The zero-order chi connectivity index (χ0) is 27.2. The van der Waals surface area contributed by atoms with Crippen LogP contribution in [0.5, 0.6) is 5.75 Å². The first kappa shape index (κ1) is 27.9. The fourth-order valence-electron chi connectivity index (χ4n) is 7.55. The van der Waals surface area contributed by atoms with Crippen LogP contribution in [0, 0.1) is 23.6 Å². The molecule has 0 heterocycles. The fraction of sp³-hybridized carbons (Fsp3) is 0.514. The summed E-state index contributed by atoms with van der Waals surface area (Å²) in [5, 5.41) is 9.64. The number of aryl methyl sites for hydroxylation is 1. The molecule has 2 fully saturated rings. The SMILES string of the molecule is CCCCCC1CCC(C2CCC(c3ccc(-c4ccc(-c5ccc(O)cc5)c(CC)c4)c(F)c3)CC2)CC1. The quantitative estimate of drug-likeness (QED) is 0.275. The molecule has 0 aliphatic heterocycles. The van der Waals surface area contributed by atoms with Crippen LogP contribution in [0.4, 0.5) is 4.39 Å². The maximum atomic E-state index is 15.5. The van der Waals surface area contributed by atoms with Crippen LogP contribution >= 0.6 is 0 Å². The van der Waals surface area contributed by atoms with Crippen LogP contribution in [0.1, 0.15) is 108 Å². The zero-order valence-electron chi connectivity index (χ0n) is 24.1. The Hall–Kier alpha value is -2.61. The van der Waals surface area contributed by atoms with E-state index in [9.17, 15) is 5.11 Å². The van der Waals surface area contributed by atoms with E-state index in [1.54, 1.807) is 12.1 Å². The normalized spacial score (nSPS) is 23.6. The second-order valence-electron chi connectivity index (χ2n) is 12.4. The first-order valence-electron chi connectivity index (χ1n) is 15.8. The molecule has 0 aromatic heterocycles. The lowest BCUT2D eigenvalue weighted by Gasteiger charge is -2.38. The van der Waals surface area contributed by atoms with Gasteiger partial charge in [0, 0.05) is 5.56 Å². The summed E-state index contributed by atoms with van der Waals surface area (Å²) in [6.45, 7) is 4.44. The van der Waals surface area contributed by atoms with E-state index in [2.05, 4.69) is 32.0 Å². The van der Waals surface area contributed by atoms with Gasteiger partial charge < -0.3 is 5.11 Å². The minimum Gasteiger partial charge on any atom is -0.508 e. The summed E-state index contributed by atoms with van der Waals surface area (Å²) in [6.07, 6.45) is 17.3. The molecule has 208 valence electrons. The monoisotopic (exact) mass is 526 g/mol. The summed E-state index contributed by atoms with van der Waals surface area (Å²) in [7, 11) is 0. The van der Waals surface area contributed by atoms with Gasteiger partial charge in [-0.15, -0.1) is 0 Å². The van der Waals surface area contributed by atoms with Gasteiger partial charge in [0.2, 0.25) is 0 Å². The van der Waals surface area contributed by atoms with Gasteiger partial charge in [-0.05, 0) is 115 Å². The number of phenols is 1. The van der Waals surface area contributed by atoms with Crippen molar-refractivity contribution in [3.05, 3.63) is 77.6 Å². The molecule has 1 nitrogen and oxygen atoms in total. The number of hydrogen-bond donors (Lipinski definition) is 1. The van der Waals surface area contributed by atoms with Gasteiger partial charge >= 0.3 is 0 Å². The van der Waals surface area contributed by atoms with Crippen LogP contribution in [0.3, 0.4) is 0 Å². The van der Waals surface area contributed by atoms with Crippen LogP contribution < -0.4 is 0 Å². The number of unbranched alkanes of at least 4 members (excludes halogenated alkanes) is 2. The van der Waals surface area contributed by atoms with E-state index in [4.69, 9.17) is 0 Å². The Labute approximate surface area is 235 Å². The Bertz CT molecular complexity index is 1200. The van der Waals surface area contributed by atoms with E-state index in [0.717, 1.165) is 40.9 Å². The highest BCUT2D eigenvalue weighted by Crippen LogP contribution is 2.45. The van der Waals surface area contributed by atoms with Crippen molar-refractivity contribution in [3.63, 3.8) is 0 Å². The van der Waals surface area contributed by atoms with Gasteiger partial charge in [0.15, 0.2) is 0 Å². The minimum absolute atomic E-state index is 0.101. The predicted molar refractivity (Wildman–Crippen MR) is 163 cm³/mol. The first-order valence-corrected chi connectivity index (χ1v) is 15.8. The summed E-state index contributed by atoms with van der Waals surface area (Å²) >= 11 is 0. The molecule has 5 rings (SSSR count). The maximum Gasteiger partial charge on any atom is 0.131 e. The smallest absolute Gasteiger partial charge is 0.131 e. The molecule has 0 atom stereocenters. The second-order valence-corrected chi connectivity index (χ2v) is 12.4. The fourth-order valence-corrected chi connectivity index (χ4v) is 7.55. The van der Waals surface area contributed by atoms with Crippen molar-refractivity contribution in [1.29, 1.82) is 0 Å². The Kier molecular flexibility index (Phi) is 9.43. The lowest BCUT2D eigenvalue weighted by Crippen LogP contribution is -2.25. The molecule has 0 radical (unpaired) electrons. The largest absolute Gasteiger partial charge is 0.508 e. The summed E-state index contributed by atoms with van der Waals surface area (Å²) < 4.78 is 15.5. The van der Waals surface area contributed by atoms with E-state index in [0.29, 0.717) is 11.5 Å². The number of benzene rings is 3. The lowest BCUT2D eigenvalue weighted by molar-refractivity contribution is 0.155. The number of aromatic hydroxyl groups is 1. The standard InChI is InChI=1S/C37H47FO/c1-3-5-6-7-26-8-10-28(11-9-26)29-12-14-30(15-13-29)32-18-23-36(37(38)25-32)33-19-22-35(27(4-2)24-33)31-16-20-34(39)21-17-31/h16-26,28-30,39H,3-15H2,1-2H3. The molecule has 3 aromatic rings. The van der Waals surface area contributed by atoms with Crippen LogP contribution in [0.15, 0.2) is 60.7 Å². The summed E-state index contributed by atoms with van der Waals surface area (Å²) in [4.78, 5) is 0. The molecule has 3 aromatic carbocycles. The molecule has 0 saturated heterocycles. The van der Waals surface area contributed by atoms with Gasteiger partial charge in [-0.25, -0.2) is 4.39 Å². The molecule has 2 aliphatic rings. The molecule has 0 spiro atoms. The van der Waals surface area contributed by atoms with Crippen molar-refractivity contribution >= 4 is 0 Å². The van der Waals surface area contributed by atoms with E-state index >= 15 is 4.39 Å². The van der Waals surface area contributed by atoms with E-state index in [1.165, 1.54) is 88.2 Å². The van der Waals surface area contributed by atoms with E-state index in [1.807, 2.05) is 30.3 Å². The van der Waals surface area contributed by atoms with Crippen LogP contribution in [0.2, 0.25) is 0 Å². The van der Waals surface area contributed by atoms with Gasteiger partial charge in [0.25, 0.3) is 0 Å². The van der Waals surface area contributed by atoms with Crippen molar-refractivity contribution in [2.45, 2.75) is 103 Å². The Morgan fingerprint density at radius 2 is 1.33 bits per heavy atom. The first-order chi connectivity index (χ1) is 19.1. The van der Waals surface area contributed by atoms with Gasteiger partial charge in [-0.2, -0.15) is 0 Å². The van der Waals surface area contributed by atoms with Crippen LogP contribution in [-0.4, -0.2) is 5.11 Å². The summed E-state index contributed by atoms with van der Waals surface area (Å²) in [6, 6.07) is 19.6. The lowest BCUT2D eigenvalue weighted by atomic mass is 9.68. The molecule has 2 saturated carbocycles. The highest BCUT2D eigenvalue weighted by Gasteiger charge is 2.31. The van der Waals surface area contributed by atoms with Gasteiger partial charge in [0.1, 0.15) is 11.6 Å². The predicted octanol–water partition coefficient (Wildman–Crippen LogP) is 11.1. The van der Waals surface area contributed by atoms with Crippen molar-refractivity contribution < 1.29 is 9.50 Å². The van der Waals surface area contributed by atoms with Crippen LogP contribution in [0.25, 0.3) is 22.3 Å². The number of halogens is 1. The molecular formula is C37H47FO. The minimum atomic E-state index is -0.101. The van der Waals surface area contributed by atoms with Crippen LogP contribution in [-0.2, 0) is 6.42 Å². The van der Waals surface area contributed by atoms with Crippen molar-refractivity contribution in [2.24, 2.45) is 17.8 Å². The topological polar surface area (TPSA) is 20.2 Å². The molecule has 0 amide bonds. The number of rotatable bonds is 9. The molecule has 0 bridgehead atoms. The van der Waals surface area contributed by atoms with Gasteiger partial charge in [-0.1, -0.05) is 94.8 Å². The van der Waals surface area contributed by atoms with E-state index < -0.39 is 0 Å². The average Bonchev–Trinajstić information content (AvgIpc) is 2.98. The molecule has 1 N–H and O–H groups in total. The molecule has 39 heavy (non-hydrogen) atoms. The van der Waals surface area contributed by atoms with Crippen molar-refractivity contribution in [1.82, 2.24) is 0 Å². The molecule has 2 aliphatic carbocycles. The summed E-state index contributed by atoms with van der Waals surface area (Å²) in [5.74, 6) is 3.48. The second kappa shape index (κ2) is 13.2. The van der Waals surface area contributed by atoms with Gasteiger partial charge in [-0.3, -0.25) is 0 Å². The highest BCUT2D eigenvalue weighted by atomic mass is 19.1. The van der Waals surface area contributed by atoms with E-state index in [-0.39, 0.29) is 11.6 Å². The Morgan fingerprint density at radius 3 is 1.97 bits per heavy atom. The maximum absolute atomic E-state index is 15.5. The molecular weight excluding hydrogens is 479 g/mol. The Balaban J connectivity index is 1.19. The zero-order valence-corrected chi connectivity index (χ0v) is 24.1. The Morgan fingerprint density at radius 1 is 0.692 bits per heavy atom. The van der Waals surface area contributed by atoms with Gasteiger partial charge in [0.05, 0.1) is 0 Å². The molecule has 0 unspecified atom stereocenters. The summed E-state index contributed by atoms with van der Waals surface area (Å²) in [5.41, 5.74) is 6.21. The van der Waals surface area contributed by atoms with Crippen molar-refractivity contribution in [2.75, 3.05) is 0 Å².